The minimum Gasteiger partial charge on any atom is -0.387 e. The number of hydrogen-bond acceptors (Lipinski definition) is 4. The molecule has 7 heteroatoms. The van der Waals surface area contributed by atoms with E-state index in [2.05, 4.69) is 44.8 Å². The van der Waals surface area contributed by atoms with Gasteiger partial charge in [0.1, 0.15) is 0 Å². The minimum atomic E-state index is -0.844. The van der Waals surface area contributed by atoms with Crippen molar-refractivity contribution >= 4 is 29.9 Å². The summed E-state index contributed by atoms with van der Waals surface area (Å²) < 4.78 is 5.36. The van der Waals surface area contributed by atoms with Gasteiger partial charge in [-0.1, -0.05) is 30.3 Å². The van der Waals surface area contributed by atoms with Crippen LogP contribution in [0.25, 0.3) is 0 Å². The Hall–Kier alpha value is -0.900. The molecule has 27 heavy (non-hydrogen) atoms. The number of nitrogens with zero attached hydrogens (tertiary/aromatic N) is 2. The molecule has 0 aromatic heterocycles. The Morgan fingerprint density at radius 3 is 2.59 bits per heavy atom. The van der Waals surface area contributed by atoms with Crippen molar-refractivity contribution in [2.75, 3.05) is 52.5 Å². The molecule has 1 aromatic carbocycles. The van der Waals surface area contributed by atoms with Gasteiger partial charge in [0.15, 0.2) is 5.96 Å². The van der Waals surface area contributed by atoms with E-state index in [1.165, 1.54) is 5.56 Å². The molecule has 1 aromatic rings. The topological polar surface area (TPSA) is 69.1 Å². The lowest BCUT2D eigenvalue weighted by Crippen LogP contribution is -2.48. The zero-order chi connectivity index (χ0) is 18.7. The minimum absolute atomic E-state index is 0. The van der Waals surface area contributed by atoms with E-state index >= 15 is 0 Å². The molecule has 1 fully saturated rings. The fourth-order valence-electron chi connectivity index (χ4n) is 3.03. The molecule has 0 saturated carbocycles. The summed E-state index contributed by atoms with van der Waals surface area (Å²) in [5.74, 6) is 0.766. The summed E-state index contributed by atoms with van der Waals surface area (Å²) in [5, 5.41) is 17.3. The number of aryl methyl sites for hydroxylation is 1. The Kier molecular flexibility index (Phi) is 11.9. The first-order chi connectivity index (χ1) is 12.6. The van der Waals surface area contributed by atoms with E-state index in [0.717, 1.165) is 58.2 Å². The normalized spacial score (nSPS) is 17.7. The van der Waals surface area contributed by atoms with E-state index in [0.29, 0.717) is 13.1 Å². The van der Waals surface area contributed by atoms with E-state index in [4.69, 9.17) is 4.74 Å². The van der Waals surface area contributed by atoms with Crippen LogP contribution in [0.2, 0.25) is 0 Å². The van der Waals surface area contributed by atoms with Crippen LogP contribution in [0.3, 0.4) is 0 Å². The third-order valence-electron chi connectivity index (χ3n) is 4.37. The number of hydrogen-bond donors (Lipinski definition) is 3. The Morgan fingerprint density at radius 2 is 1.93 bits per heavy atom. The summed E-state index contributed by atoms with van der Waals surface area (Å²) in [6.45, 7) is 9.78. The number of nitrogens with one attached hydrogen (secondary N) is 2. The molecular weight excluding hydrogens is 455 g/mol. The Labute approximate surface area is 180 Å². The number of morpholine rings is 1. The van der Waals surface area contributed by atoms with Crippen LogP contribution in [-0.2, 0) is 11.2 Å². The van der Waals surface area contributed by atoms with E-state index in [9.17, 15) is 5.11 Å². The maximum Gasteiger partial charge on any atom is 0.191 e. The molecule has 1 heterocycles. The van der Waals surface area contributed by atoms with Crippen LogP contribution in [0.1, 0.15) is 25.8 Å². The summed E-state index contributed by atoms with van der Waals surface area (Å²) in [6, 6.07) is 10.5. The third-order valence-corrected chi connectivity index (χ3v) is 4.37. The summed E-state index contributed by atoms with van der Waals surface area (Å²) >= 11 is 0. The number of halogens is 1. The molecule has 0 spiro atoms. The predicted octanol–water partition coefficient (Wildman–Crippen LogP) is 1.88. The van der Waals surface area contributed by atoms with Gasteiger partial charge in [-0.25, -0.2) is 0 Å². The Balaban J connectivity index is 0.00000364. The van der Waals surface area contributed by atoms with Crippen LogP contribution in [0.15, 0.2) is 35.3 Å². The Morgan fingerprint density at radius 1 is 1.22 bits per heavy atom. The molecule has 2 rings (SSSR count). The van der Waals surface area contributed by atoms with Gasteiger partial charge in [0.25, 0.3) is 0 Å². The maximum atomic E-state index is 10.7. The first-order valence-electron chi connectivity index (χ1n) is 9.68. The maximum absolute atomic E-state index is 10.7. The highest BCUT2D eigenvalue weighted by atomic mass is 127. The first-order valence-corrected chi connectivity index (χ1v) is 9.68. The highest BCUT2D eigenvalue weighted by Crippen LogP contribution is 2.09. The number of aliphatic hydroxyl groups is 1. The van der Waals surface area contributed by atoms with E-state index in [1.807, 2.05) is 19.9 Å². The van der Waals surface area contributed by atoms with Gasteiger partial charge in [-0.3, -0.25) is 9.89 Å². The average molecular weight is 490 g/mol. The number of guanidine groups is 1. The van der Waals surface area contributed by atoms with Crippen LogP contribution in [0.5, 0.6) is 0 Å². The van der Waals surface area contributed by atoms with Crippen molar-refractivity contribution in [3.8, 4) is 0 Å². The van der Waals surface area contributed by atoms with Crippen molar-refractivity contribution in [1.29, 1.82) is 0 Å². The number of β-amino-alcohol motifs (C(OH)–C–C–N with tert-alkyl or cyclic N) is 1. The fourth-order valence-corrected chi connectivity index (χ4v) is 3.03. The van der Waals surface area contributed by atoms with Gasteiger partial charge < -0.3 is 20.5 Å². The van der Waals surface area contributed by atoms with E-state index in [-0.39, 0.29) is 24.0 Å². The van der Waals surface area contributed by atoms with Crippen molar-refractivity contribution < 1.29 is 9.84 Å². The molecule has 0 bridgehead atoms. The summed E-state index contributed by atoms with van der Waals surface area (Å²) in [7, 11) is 0. The van der Waals surface area contributed by atoms with Crippen LogP contribution in [0, 0.1) is 0 Å². The van der Waals surface area contributed by atoms with Gasteiger partial charge in [0, 0.05) is 32.7 Å². The van der Waals surface area contributed by atoms with Crippen molar-refractivity contribution in [2.24, 2.45) is 4.99 Å². The van der Waals surface area contributed by atoms with E-state index in [1.54, 1.807) is 0 Å². The zero-order valence-corrected chi connectivity index (χ0v) is 18.9. The molecule has 1 saturated heterocycles. The van der Waals surface area contributed by atoms with Gasteiger partial charge in [-0.15, -0.1) is 24.0 Å². The quantitative estimate of drug-likeness (QED) is 0.214. The molecule has 1 atom stereocenters. The number of rotatable bonds is 9. The van der Waals surface area contributed by atoms with Crippen molar-refractivity contribution in [2.45, 2.75) is 32.3 Å². The van der Waals surface area contributed by atoms with Gasteiger partial charge in [0.2, 0.25) is 0 Å². The lowest BCUT2D eigenvalue weighted by molar-refractivity contribution is -0.0179. The SMILES string of the molecule is CCNC(=NCC(C)(O)CN1CCOCC1)NCCCc1ccccc1.I. The summed E-state index contributed by atoms with van der Waals surface area (Å²) in [5.41, 5.74) is 0.508. The molecule has 0 amide bonds. The number of ether oxygens (including phenoxy) is 1. The molecule has 1 unspecified atom stereocenters. The lowest BCUT2D eigenvalue weighted by Gasteiger charge is -2.33. The van der Waals surface area contributed by atoms with Gasteiger partial charge >= 0.3 is 0 Å². The predicted molar refractivity (Wildman–Crippen MR) is 122 cm³/mol. The number of aliphatic imine (C=N–C) groups is 1. The van der Waals surface area contributed by atoms with Crippen molar-refractivity contribution in [1.82, 2.24) is 15.5 Å². The van der Waals surface area contributed by atoms with Crippen LogP contribution < -0.4 is 10.6 Å². The molecule has 0 aliphatic carbocycles. The second kappa shape index (κ2) is 13.3. The fraction of sp³-hybridized carbons (Fsp3) is 0.650. The first kappa shape index (κ1) is 24.1. The molecule has 0 radical (unpaired) electrons. The molecule has 1 aliphatic rings. The number of benzene rings is 1. The molecule has 6 nitrogen and oxygen atoms in total. The van der Waals surface area contributed by atoms with Crippen LogP contribution >= 0.6 is 24.0 Å². The average Bonchev–Trinajstić information content (AvgIpc) is 2.64. The van der Waals surface area contributed by atoms with Gasteiger partial charge in [0.05, 0.1) is 25.4 Å². The molecule has 154 valence electrons. The second-order valence-electron chi connectivity index (χ2n) is 7.10. The zero-order valence-electron chi connectivity index (χ0n) is 16.6. The lowest BCUT2D eigenvalue weighted by atomic mass is 10.1. The largest absolute Gasteiger partial charge is 0.387 e. The van der Waals surface area contributed by atoms with Crippen LogP contribution in [-0.4, -0.2) is 74.0 Å². The van der Waals surface area contributed by atoms with Crippen LogP contribution in [0.4, 0.5) is 0 Å². The van der Waals surface area contributed by atoms with Crippen molar-refractivity contribution in [3.05, 3.63) is 35.9 Å². The molecule has 1 aliphatic heterocycles. The summed E-state index contributed by atoms with van der Waals surface area (Å²) in [6.07, 6.45) is 2.08. The smallest absolute Gasteiger partial charge is 0.191 e. The van der Waals surface area contributed by atoms with Gasteiger partial charge in [-0.05, 0) is 32.3 Å². The standard InChI is InChI=1S/C20H34N4O2.HI/c1-3-21-19(22-11-7-10-18-8-5-4-6-9-18)23-16-20(2,25)17-24-12-14-26-15-13-24;/h4-6,8-9,25H,3,7,10-17H2,1-2H3,(H2,21,22,23);1H. The molecular formula is C20H35IN4O2. The second-order valence-corrected chi connectivity index (χ2v) is 7.10. The highest BCUT2D eigenvalue weighted by molar-refractivity contribution is 14.0. The van der Waals surface area contributed by atoms with Gasteiger partial charge in [-0.2, -0.15) is 0 Å². The monoisotopic (exact) mass is 490 g/mol. The Bertz CT molecular complexity index is 534. The molecule has 3 N–H and O–H groups in total. The highest BCUT2D eigenvalue weighted by Gasteiger charge is 2.25. The third kappa shape index (κ3) is 10.3. The van der Waals surface area contributed by atoms with Crippen molar-refractivity contribution in [3.63, 3.8) is 0 Å². The summed E-state index contributed by atoms with van der Waals surface area (Å²) in [4.78, 5) is 6.82. The van der Waals surface area contributed by atoms with E-state index < -0.39 is 5.60 Å².